The van der Waals surface area contributed by atoms with Crippen molar-refractivity contribution in [2.45, 2.75) is 58.3 Å². The molecule has 2 fully saturated rings. The fourth-order valence-electron chi connectivity index (χ4n) is 4.09. The van der Waals surface area contributed by atoms with Crippen LogP contribution in [0.25, 0.3) is 0 Å². The Morgan fingerprint density at radius 2 is 2.00 bits per heavy atom. The third-order valence-corrected chi connectivity index (χ3v) is 4.93. The molecule has 2 nitrogen and oxygen atoms in total. The maximum Gasteiger partial charge on any atom is 0.313 e. The monoisotopic (exact) mass is 260 g/mol. The van der Waals surface area contributed by atoms with Crippen LogP contribution in [-0.4, -0.2) is 12.6 Å². The number of rotatable bonds is 2. The molecule has 19 heavy (non-hydrogen) atoms. The highest BCUT2D eigenvalue weighted by Crippen LogP contribution is 2.47. The molecule has 0 aromatic rings. The van der Waals surface area contributed by atoms with Gasteiger partial charge in [-0.05, 0) is 68.9 Å². The second kappa shape index (κ2) is 5.52. The highest BCUT2D eigenvalue weighted by molar-refractivity contribution is 5.77. The quantitative estimate of drug-likeness (QED) is 0.697. The van der Waals surface area contributed by atoms with Gasteiger partial charge in [0.05, 0.1) is 12.5 Å². The summed E-state index contributed by atoms with van der Waals surface area (Å²) in [7, 11) is 0. The summed E-state index contributed by atoms with van der Waals surface area (Å²) in [6.45, 7) is 2.40. The molecule has 0 aromatic heterocycles. The van der Waals surface area contributed by atoms with Crippen molar-refractivity contribution >= 4 is 5.97 Å². The minimum Gasteiger partial charge on any atom is -0.466 e. The van der Waals surface area contributed by atoms with Gasteiger partial charge in [0, 0.05) is 0 Å². The Labute approximate surface area is 115 Å². The first-order chi connectivity index (χ1) is 9.31. The lowest BCUT2D eigenvalue weighted by atomic mass is 9.67. The lowest BCUT2D eigenvalue weighted by Crippen LogP contribution is -2.32. The van der Waals surface area contributed by atoms with Gasteiger partial charge in [-0.15, -0.1) is 0 Å². The second-order valence-electron chi connectivity index (χ2n) is 6.03. The lowest BCUT2D eigenvalue weighted by Gasteiger charge is -2.38. The van der Waals surface area contributed by atoms with E-state index in [-0.39, 0.29) is 11.9 Å². The number of fused-ring (bicyclic) bond motifs is 2. The van der Waals surface area contributed by atoms with Gasteiger partial charge in [-0.3, -0.25) is 4.79 Å². The van der Waals surface area contributed by atoms with Crippen molar-refractivity contribution in [1.29, 1.82) is 0 Å². The first-order valence-corrected chi connectivity index (χ1v) is 7.91. The maximum absolute atomic E-state index is 12.2. The fraction of sp³-hybridized carbons (Fsp3) is 0.706. The molecule has 0 unspecified atom stereocenters. The normalized spacial score (nSPS) is 30.3. The van der Waals surface area contributed by atoms with Crippen molar-refractivity contribution in [3.05, 3.63) is 22.8 Å². The SMILES string of the molecule is CCOC(=O)[C@H]1C=C2CCCCC2=C2CCCC[C@@H]21. The van der Waals surface area contributed by atoms with Crippen LogP contribution in [0.4, 0.5) is 0 Å². The molecule has 0 radical (unpaired) electrons. The van der Waals surface area contributed by atoms with E-state index in [9.17, 15) is 4.79 Å². The molecule has 3 aliphatic carbocycles. The van der Waals surface area contributed by atoms with Crippen molar-refractivity contribution in [3.8, 4) is 0 Å². The van der Waals surface area contributed by atoms with E-state index in [1.165, 1.54) is 56.9 Å². The predicted octanol–water partition coefficient (Wildman–Crippen LogP) is 4.17. The Kier molecular flexibility index (Phi) is 3.76. The van der Waals surface area contributed by atoms with Gasteiger partial charge >= 0.3 is 5.97 Å². The van der Waals surface area contributed by atoms with Crippen molar-refractivity contribution in [1.82, 2.24) is 0 Å². The summed E-state index contributed by atoms with van der Waals surface area (Å²) >= 11 is 0. The molecule has 0 saturated heterocycles. The molecule has 2 saturated carbocycles. The van der Waals surface area contributed by atoms with Crippen LogP contribution in [-0.2, 0) is 9.53 Å². The highest BCUT2D eigenvalue weighted by atomic mass is 16.5. The van der Waals surface area contributed by atoms with E-state index < -0.39 is 0 Å². The summed E-state index contributed by atoms with van der Waals surface area (Å²) in [5.41, 5.74) is 4.70. The number of hydrogen-bond acceptors (Lipinski definition) is 2. The van der Waals surface area contributed by atoms with Crippen molar-refractivity contribution in [3.63, 3.8) is 0 Å². The zero-order valence-corrected chi connectivity index (χ0v) is 11.9. The average molecular weight is 260 g/mol. The zero-order valence-electron chi connectivity index (χ0n) is 11.9. The molecule has 2 atom stereocenters. The number of hydrogen-bond donors (Lipinski definition) is 0. The molecule has 0 bridgehead atoms. The standard InChI is InChI=1S/C17H24O2/c1-2-19-17(18)16-11-12-7-3-4-8-13(12)14-9-5-6-10-15(14)16/h11,15-16H,2-10H2,1H3/t15-,16-/m0/s1. The number of carbonyl (C=O) groups is 1. The maximum atomic E-state index is 12.2. The summed E-state index contributed by atoms with van der Waals surface area (Å²) < 4.78 is 5.30. The van der Waals surface area contributed by atoms with Gasteiger partial charge in [0.2, 0.25) is 0 Å². The predicted molar refractivity (Wildman–Crippen MR) is 75.7 cm³/mol. The Hall–Kier alpha value is -1.05. The van der Waals surface area contributed by atoms with Gasteiger partial charge in [0.1, 0.15) is 0 Å². The average Bonchev–Trinajstić information content (AvgIpc) is 2.46. The Morgan fingerprint density at radius 3 is 2.84 bits per heavy atom. The van der Waals surface area contributed by atoms with E-state index in [4.69, 9.17) is 4.74 Å². The first kappa shape index (κ1) is 13.0. The van der Waals surface area contributed by atoms with Crippen LogP contribution in [0.1, 0.15) is 58.3 Å². The van der Waals surface area contributed by atoms with E-state index in [2.05, 4.69) is 6.08 Å². The number of ether oxygens (including phenoxy) is 1. The van der Waals surface area contributed by atoms with Gasteiger partial charge in [-0.1, -0.05) is 18.1 Å². The van der Waals surface area contributed by atoms with E-state index in [0.29, 0.717) is 12.5 Å². The molecule has 2 heteroatoms. The second-order valence-corrected chi connectivity index (χ2v) is 6.03. The summed E-state index contributed by atoms with van der Waals surface area (Å²) in [5, 5.41) is 0. The van der Waals surface area contributed by atoms with E-state index in [0.717, 1.165) is 0 Å². The molecule has 3 rings (SSSR count). The Bertz CT molecular complexity index is 431. The van der Waals surface area contributed by atoms with Crippen LogP contribution in [0.15, 0.2) is 22.8 Å². The van der Waals surface area contributed by atoms with Gasteiger partial charge < -0.3 is 4.74 Å². The molecule has 104 valence electrons. The number of allylic oxidation sites excluding steroid dienone is 3. The molecule has 0 amide bonds. The smallest absolute Gasteiger partial charge is 0.313 e. The summed E-state index contributed by atoms with van der Waals surface area (Å²) in [4.78, 5) is 12.2. The van der Waals surface area contributed by atoms with E-state index in [1.54, 1.807) is 11.1 Å². The zero-order chi connectivity index (χ0) is 13.2. The van der Waals surface area contributed by atoms with Crippen molar-refractivity contribution in [2.75, 3.05) is 6.61 Å². The third kappa shape index (κ3) is 2.37. The molecule has 0 spiro atoms. The van der Waals surface area contributed by atoms with Crippen molar-refractivity contribution < 1.29 is 9.53 Å². The number of esters is 1. The molecular formula is C17H24O2. The van der Waals surface area contributed by atoms with Gasteiger partial charge in [0.25, 0.3) is 0 Å². The lowest BCUT2D eigenvalue weighted by molar-refractivity contribution is -0.147. The molecule has 3 aliphatic rings. The molecule has 0 N–H and O–H groups in total. The topological polar surface area (TPSA) is 26.3 Å². The van der Waals surface area contributed by atoms with Crippen molar-refractivity contribution in [2.24, 2.45) is 11.8 Å². The van der Waals surface area contributed by atoms with E-state index >= 15 is 0 Å². The molecular weight excluding hydrogens is 236 g/mol. The van der Waals surface area contributed by atoms with Crippen LogP contribution < -0.4 is 0 Å². The highest BCUT2D eigenvalue weighted by Gasteiger charge is 2.37. The minimum absolute atomic E-state index is 0.00373. The van der Waals surface area contributed by atoms with Crippen LogP contribution in [0.3, 0.4) is 0 Å². The van der Waals surface area contributed by atoms with Gasteiger partial charge in [0.15, 0.2) is 0 Å². The summed E-state index contributed by atoms with van der Waals surface area (Å²) in [6.07, 6.45) is 12.2. The van der Waals surface area contributed by atoms with Gasteiger partial charge in [-0.25, -0.2) is 0 Å². The summed E-state index contributed by atoms with van der Waals surface area (Å²) in [6, 6.07) is 0. The minimum atomic E-state index is 0.00373. The fourth-order valence-corrected chi connectivity index (χ4v) is 4.09. The molecule has 0 aliphatic heterocycles. The Morgan fingerprint density at radius 1 is 1.21 bits per heavy atom. The van der Waals surface area contributed by atoms with Gasteiger partial charge in [-0.2, -0.15) is 0 Å². The van der Waals surface area contributed by atoms with Crippen LogP contribution >= 0.6 is 0 Å². The Balaban J connectivity index is 1.93. The van der Waals surface area contributed by atoms with Crippen LogP contribution in [0.5, 0.6) is 0 Å². The first-order valence-electron chi connectivity index (χ1n) is 7.91. The summed E-state index contributed by atoms with van der Waals surface area (Å²) in [5.74, 6) is 0.459. The largest absolute Gasteiger partial charge is 0.466 e. The molecule has 0 heterocycles. The van der Waals surface area contributed by atoms with Crippen LogP contribution in [0.2, 0.25) is 0 Å². The third-order valence-electron chi connectivity index (χ3n) is 4.93. The molecule has 0 aromatic carbocycles. The van der Waals surface area contributed by atoms with Crippen LogP contribution in [0, 0.1) is 11.8 Å². The number of carbonyl (C=O) groups excluding carboxylic acids is 1. The van der Waals surface area contributed by atoms with E-state index in [1.807, 2.05) is 6.92 Å².